The van der Waals surface area contributed by atoms with Gasteiger partial charge in [-0.2, -0.15) is 0 Å². The summed E-state index contributed by atoms with van der Waals surface area (Å²) < 4.78 is 0. The van der Waals surface area contributed by atoms with Crippen LogP contribution in [0.25, 0.3) is 0 Å². The first kappa shape index (κ1) is 11.3. The summed E-state index contributed by atoms with van der Waals surface area (Å²) >= 11 is 0. The molecule has 0 amide bonds. The minimum atomic E-state index is 0.586. The molecular weight excluding hydrogens is 222 g/mol. The molecule has 1 unspecified atom stereocenters. The maximum Gasteiger partial charge on any atom is 0.149 e. The van der Waals surface area contributed by atoms with Gasteiger partial charge in [-0.05, 0) is 37.5 Å². The first-order valence-corrected chi connectivity index (χ1v) is 6.58. The molecule has 1 atom stereocenters. The molecule has 1 heterocycles. The second-order valence-electron chi connectivity index (χ2n) is 4.95. The van der Waals surface area contributed by atoms with Crippen LogP contribution in [0.1, 0.15) is 19.3 Å². The van der Waals surface area contributed by atoms with Crippen molar-refractivity contribution >= 4 is 12.0 Å². The van der Waals surface area contributed by atoms with Gasteiger partial charge in [-0.25, -0.2) is 0 Å². The first-order valence-electron chi connectivity index (χ1n) is 6.58. The number of rotatable bonds is 2. The Bertz CT molecular complexity index is 501. The lowest BCUT2D eigenvalue weighted by molar-refractivity contribution is -0.104. The number of allylic oxidation sites excluding steroid dienone is 4. The fourth-order valence-electron chi connectivity index (χ4n) is 2.90. The Morgan fingerprint density at radius 2 is 2.06 bits per heavy atom. The molecule has 2 heteroatoms. The highest BCUT2D eigenvalue weighted by atomic mass is 16.1. The van der Waals surface area contributed by atoms with Gasteiger partial charge in [0.05, 0.1) is 0 Å². The van der Waals surface area contributed by atoms with Gasteiger partial charge in [-0.1, -0.05) is 24.3 Å². The summed E-state index contributed by atoms with van der Waals surface area (Å²) in [5, 5.41) is 0. The number of para-hydroxylation sites is 1. The smallest absolute Gasteiger partial charge is 0.149 e. The van der Waals surface area contributed by atoms with Gasteiger partial charge in [-0.15, -0.1) is 0 Å². The zero-order chi connectivity index (χ0) is 12.4. The Hall–Kier alpha value is -1.83. The van der Waals surface area contributed by atoms with Gasteiger partial charge in [0.2, 0.25) is 0 Å². The van der Waals surface area contributed by atoms with Crippen LogP contribution in [0.15, 0.2) is 53.8 Å². The van der Waals surface area contributed by atoms with Crippen molar-refractivity contribution in [2.45, 2.75) is 19.3 Å². The van der Waals surface area contributed by atoms with E-state index < -0.39 is 0 Å². The summed E-state index contributed by atoms with van der Waals surface area (Å²) in [6, 6.07) is 10.5. The molecule has 1 aliphatic carbocycles. The number of piperidine rings is 1. The highest BCUT2D eigenvalue weighted by molar-refractivity contribution is 5.79. The molecule has 3 rings (SSSR count). The van der Waals surface area contributed by atoms with Gasteiger partial charge in [0.1, 0.15) is 6.29 Å². The number of carbonyl (C=O) groups is 1. The van der Waals surface area contributed by atoms with E-state index in [4.69, 9.17) is 0 Å². The van der Waals surface area contributed by atoms with E-state index in [1.165, 1.54) is 24.2 Å². The van der Waals surface area contributed by atoms with Gasteiger partial charge >= 0.3 is 0 Å². The third kappa shape index (κ3) is 1.99. The third-order valence-corrected chi connectivity index (χ3v) is 3.82. The molecule has 1 fully saturated rings. The van der Waals surface area contributed by atoms with Crippen molar-refractivity contribution in [1.29, 1.82) is 0 Å². The number of carbonyl (C=O) groups excluding carboxylic acids is 1. The number of fused-ring (bicyclic) bond motifs is 1. The number of hydrogen-bond donors (Lipinski definition) is 0. The molecule has 0 radical (unpaired) electrons. The van der Waals surface area contributed by atoms with Gasteiger partial charge < -0.3 is 4.90 Å². The molecular formula is C16H17NO. The normalized spacial score (nSPS) is 22.9. The summed E-state index contributed by atoms with van der Waals surface area (Å²) in [6.45, 7) is 1.05. The van der Waals surface area contributed by atoms with Crippen molar-refractivity contribution in [2.75, 3.05) is 11.4 Å². The van der Waals surface area contributed by atoms with Gasteiger partial charge in [0.25, 0.3) is 0 Å². The van der Waals surface area contributed by atoms with E-state index in [1.54, 1.807) is 0 Å². The van der Waals surface area contributed by atoms with E-state index in [9.17, 15) is 4.79 Å². The molecule has 0 N–H and O–H groups in total. The highest BCUT2D eigenvalue weighted by Crippen LogP contribution is 2.36. The fraction of sp³-hybridized carbons (Fsp3) is 0.312. The second kappa shape index (κ2) is 4.81. The van der Waals surface area contributed by atoms with E-state index in [2.05, 4.69) is 41.3 Å². The highest BCUT2D eigenvalue weighted by Gasteiger charge is 2.27. The van der Waals surface area contributed by atoms with Crippen LogP contribution >= 0.6 is 0 Å². The van der Waals surface area contributed by atoms with Crippen molar-refractivity contribution in [3.05, 3.63) is 53.8 Å². The molecule has 1 aromatic rings. The molecule has 18 heavy (non-hydrogen) atoms. The largest absolute Gasteiger partial charge is 0.345 e. The van der Waals surface area contributed by atoms with Crippen molar-refractivity contribution < 1.29 is 4.79 Å². The molecule has 0 aromatic heterocycles. The maximum absolute atomic E-state index is 10.9. The van der Waals surface area contributed by atoms with Crippen LogP contribution < -0.4 is 4.90 Å². The molecule has 1 aliphatic heterocycles. The standard InChI is InChI=1S/C16H17NO/c18-12-13-8-9-14-5-4-10-17(16(14)11-13)15-6-2-1-3-7-15/h1-3,6-8,11-12,14H,4-5,9-10H2. The Morgan fingerprint density at radius 3 is 2.83 bits per heavy atom. The minimum Gasteiger partial charge on any atom is -0.345 e. The summed E-state index contributed by atoms with van der Waals surface area (Å²) in [6.07, 6.45) is 8.55. The monoisotopic (exact) mass is 239 g/mol. The molecule has 92 valence electrons. The van der Waals surface area contributed by atoms with Crippen LogP contribution in [0.3, 0.4) is 0 Å². The second-order valence-corrected chi connectivity index (χ2v) is 4.95. The molecule has 2 nitrogen and oxygen atoms in total. The molecule has 1 aromatic carbocycles. The minimum absolute atomic E-state index is 0.586. The van der Waals surface area contributed by atoms with Crippen molar-refractivity contribution in [2.24, 2.45) is 5.92 Å². The number of hydrogen-bond acceptors (Lipinski definition) is 2. The van der Waals surface area contributed by atoms with E-state index in [-0.39, 0.29) is 0 Å². The van der Waals surface area contributed by atoms with Gasteiger partial charge in [0.15, 0.2) is 0 Å². The molecule has 1 saturated heterocycles. The Labute approximate surface area is 108 Å². The number of nitrogens with zero attached hydrogens (tertiary/aromatic N) is 1. The Kier molecular flexibility index (Phi) is 3.01. The van der Waals surface area contributed by atoms with Crippen LogP contribution in [-0.2, 0) is 4.79 Å². The predicted molar refractivity (Wildman–Crippen MR) is 73.4 cm³/mol. The lowest BCUT2D eigenvalue weighted by Gasteiger charge is -2.38. The summed E-state index contributed by atoms with van der Waals surface area (Å²) in [4.78, 5) is 13.3. The van der Waals surface area contributed by atoms with Crippen LogP contribution in [0, 0.1) is 5.92 Å². The predicted octanol–water partition coefficient (Wildman–Crippen LogP) is 3.32. The fourth-order valence-corrected chi connectivity index (χ4v) is 2.90. The van der Waals surface area contributed by atoms with Crippen LogP contribution in [-0.4, -0.2) is 12.8 Å². The van der Waals surface area contributed by atoms with E-state index in [1.807, 2.05) is 6.07 Å². The number of benzene rings is 1. The van der Waals surface area contributed by atoms with Crippen molar-refractivity contribution in [3.63, 3.8) is 0 Å². The first-order chi connectivity index (χ1) is 8.88. The summed E-state index contributed by atoms with van der Waals surface area (Å²) in [5.74, 6) is 0.586. The Morgan fingerprint density at radius 1 is 1.22 bits per heavy atom. The van der Waals surface area contributed by atoms with E-state index in [0.717, 1.165) is 24.8 Å². The topological polar surface area (TPSA) is 20.3 Å². The maximum atomic E-state index is 10.9. The number of aldehydes is 1. The molecule has 0 bridgehead atoms. The van der Waals surface area contributed by atoms with Crippen LogP contribution in [0.4, 0.5) is 5.69 Å². The summed E-state index contributed by atoms with van der Waals surface area (Å²) in [5.41, 5.74) is 3.38. The van der Waals surface area contributed by atoms with Gasteiger partial charge in [0, 0.05) is 29.4 Å². The van der Waals surface area contributed by atoms with Crippen molar-refractivity contribution in [3.8, 4) is 0 Å². The molecule has 0 saturated carbocycles. The van der Waals surface area contributed by atoms with E-state index >= 15 is 0 Å². The summed E-state index contributed by atoms with van der Waals surface area (Å²) in [7, 11) is 0. The molecule has 0 spiro atoms. The quantitative estimate of drug-likeness (QED) is 0.738. The Balaban J connectivity index is 1.97. The zero-order valence-electron chi connectivity index (χ0n) is 10.4. The number of anilines is 1. The SMILES string of the molecule is O=CC1=CCC2CCCN(c3ccccc3)C2=C1. The zero-order valence-corrected chi connectivity index (χ0v) is 10.4. The van der Waals surface area contributed by atoms with Crippen molar-refractivity contribution in [1.82, 2.24) is 0 Å². The lowest BCUT2D eigenvalue weighted by Crippen LogP contribution is -2.34. The average Bonchev–Trinajstić information content (AvgIpc) is 2.47. The van der Waals surface area contributed by atoms with Gasteiger partial charge in [-0.3, -0.25) is 4.79 Å². The van der Waals surface area contributed by atoms with Crippen LogP contribution in [0.2, 0.25) is 0 Å². The third-order valence-electron chi connectivity index (χ3n) is 3.82. The lowest BCUT2D eigenvalue weighted by atomic mass is 9.85. The van der Waals surface area contributed by atoms with Crippen LogP contribution in [0.5, 0.6) is 0 Å². The van der Waals surface area contributed by atoms with E-state index in [0.29, 0.717) is 5.92 Å². The molecule has 2 aliphatic rings. The average molecular weight is 239 g/mol.